The number of benzene rings is 1. The fourth-order valence-corrected chi connectivity index (χ4v) is 3.44. The zero-order valence-corrected chi connectivity index (χ0v) is 15.1. The van der Waals surface area contributed by atoms with E-state index in [-0.39, 0.29) is 5.91 Å². The fraction of sp³-hybridized carbons (Fsp3) is 0.353. The Morgan fingerprint density at radius 2 is 2.20 bits per heavy atom. The summed E-state index contributed by atoms with van der Waals surface area (Å²) in [5.41, 5.74) is 2.08. The third-order valence-corrected chi connectivity index (χ3v) is 4.79. The number of carbonyl (C=O) groups is 1. The Labute approximate surface area is 150 Å². The number of fused-ring (bicyclic) bond motifs is 1. The summed E-state index contributed by atoms with van der Waals surface area (Å²) in [4.78, 5) is 15.1. The molecule has 0 radical (unpaired) electrons. The average Bonchev–Trinajstić information content (AvgIpc) is 3.23. The molecule has 1 aromatic carbocycles. The Morgan fingerprint density at radius 1 is 1.36 bits per heavy atom. The second-order valence-corrected chi connectivity index (χ2v) is 6.37. The third kappa shape index (κ3) is 3.85. The van der Waals surface area contributed by atoms with Crippen LogP contribution in [0.2, 0.25) is 0 Å². The van der Waals surface area contributed by atoms with Crippen molar-refractivity contribution in [1.29, 1.82) is 0 Å². The van der Waals surface area contributed by atoms with Gasteiger partial charge in [0.1, 0.15) is 0 Å². The van der Waals surface area contributed by atoms with Gasteiger partial charge in [-0.2, -0.15) is 0 Å². The topological polar surface area (TPSA) is 84.8 Å². The highest BCUT2D eigenvalue weighted by Gasteiger charge is 2.17. The van der Waals surface area contributed by atoms with Crippen molar-refractivity contribution in [2.45, 2.75) is 18.6 Å². The molecule has 7 nitrogen and oxygen atoms in total. The standard InChI is InChI=1S/C17H21N5O2S/c1-3-22-16(13-10-19-14-7-5-4-6-12(13)14)20-21-17(22)25-11-15(23)18-8-9-24-2/h4-7,10,19H,3,8-9,11H2,1-2H3,(H,18,23). The van der Waals surface area contributed by atoms with E-state index in [1.54, 1.807) is 7.11 Å². The molecule has 0 aliphatic carbocycles. The number of hydrogen-bond acceptors (Lipinski definition) is 5. The van der Waals surface area contributed by atoms with Gasteiger partial charge < -0.3 is 19.6 Å². The van der Waals surface area contributed by atoms with Crippen LogP contribution in [0, 0.1) is 0 Å². The number of nitrogens with one attached hydrogen (secondary N) is 2. The van der Waals surface area contributed by atoms with Crippen LogP contribution in [-0.2, 0) is 16.1 Å². The van der Waals surface area contributed by atoms with Gasteiger partial charge in [0.25, 0.3) is 0 Å². The van der Waals surface area contributed by atoms with E-state index in [1.807, 2.05) is 35.9 Å². The van der Waals surface area contributed by atoms with Gasteiger partial charge in [0.05, 0.1) is 12.4 Å². The Bertz CT molecular complexity index is 858. The first-order valence-electron chi connectivity index (χ1n) is 8.12. The van der Waals surface area contributed by atoms with Crippen LogP contribution in [0.3, 0.4) is 0 Å². The van der Waals surface area contributed by atoms with Crippen molar-refractivity contribution in [1.82, 2.24) is 25.1 Å². The SMILES string of the molecule is CCn1c(SCC(=O)NCCOC)nnc1-c1c[nH]c2ccccc12. The molecule has 0 saturated heterocycles. The lowest BCUT2D eigenvalue weighted by Crippen LogP contribution is -2.28. The largest absolute Gasteiger partial charge is 0.383 e. The fourth-order valence-electron chi connectivity index (χ4n) is 2.61. The number of methoxy groups -OCH3 is 1. The number of para-hydroxylation sites is 1. The number of H-pyrrole nitrogens is 1. The number of rotatable bonds is 8. The zero-order valence-electron chi connectivity index (χ0n) is 14.3. The van der Waals surface area contributed by atoms with Crippen LogP contribution in [0.25, 0.3) is 22.3 Å². The molecule has 132 valence electrons. The summed E-state index contributed by atoms with van der Waals surface area (Å²) < 4.78 is 6.95. The molecule has 0 fully saturated rings. The highest BCUT2D eigenvalue weighted by Crippen LogP contribution is 2.29. The highest BCUT2D eigenvalue weighted by atomic mass is 32.2. The number of hydrogen-bond donors (Lipinski definition) is 2. The van der Waals surface area contributed by atoms with Crippen molar-refractivity contribution in [3.05, 3.63) is 30.5 Å². The van der Waals surface area contributed by atoms with Crippen LogP contribution in [0.5, 0.6) is 0 Å². The van der Waals surface area contributed by atoms with E-state index in [2.05, 4.69) is 26.6 Å². The second-order valence-electron chi connectivity index (χ2n) is 5.43. The molecule has 0 saturated carbocycles. The molecule has 25 heavy (non-hydrogen) atoms. The van der Waals surface area contributed by atoms with Gasteiger partial charge in [-0.25, -0.2) is 0 Å². The summed E-state index contributed by atoms with van der Waals surface area (Å²) in [5, 5.41) is 13.3. The maximum atomic E-state index is 11.9. The number of aromatic amines is 1. The van der Waals surface area contributed by atoms with Gasteiger partial charge in [0.15, 0.2) is 11.0 Å². The first-order chi connectivity index (χ1) is 12.2. The molecular weight excluding hydrogens is 338 g/mol. The summed E-state index contributed by atoms with van der Waals surface area (Å²) in [6.45, 7) is 3.79. The van der Waals surface area contributed by atoms with Crippen LogP contribution >= 0.6 is 11.8 Å². The minimum atomic E-state index is -0.0404. The third-order valence-electron chi connectivity index (χ3n) is 3.82. The van der Waals surface area contributed by atoms with E-state index in [0.717, 1.165) is 34.0 Å². The predicted molar refractivity (Wildman–Crippen MR) is 98.6 cm³/mol. The lowest BCUT2D eigenvalue weighted by atomic mass is 10.1. The van der Waals surface area contributed by atoms with Crippen molar-refractivity contribution in [2.75, 3.05) is 26.0 Å². The van der Waals surface area contributed by atoms with E-state index in [0.29, 0.717) is 18.9 Å². The number of aromatic nitrogens is 4. The first-order valence-corrected chi connectivity index (χ1v) is 9.11. The number of amides is 1. The number of ether oxygens (including phenoxy) is 1. The lowest BCUT2D eigenvalue weighted by Gasteiger charge is -2.07. The van der Waals surface area contributed by atoms with E-state index in [9.17, 15) is 4.79 Å². The van der Waals surface area contributed by atoms with E-state index in [4.69, 9.17) is 4.74 Å². The maximum absolute atomic E-state index is 11.9. The van der Waals surface area contributed by atoms with E-state index in [1.165, 1.54) is 11.8 Å². The van der Waals surface area contributed by atoms with Crippen molar-refractivity contribution >= 4 is 28.6 Å². The van der Waals surface area contributed by atoms with Crippen LogP contribution < -0.4 is 5.32 Å². The zero-order chi connectivity index (χ0) is 17.6. The van der Waals surface area contributed by atoms with E-state index < -0.39 is 0 Å². The number of thioether (sulfide) groups is 1. The van der Waals surface area contributed by atoms with Crippen molar-refractivity contribution in [3.63, 3.8) is 0 Å². The molecule has 0 aliphatic heterocycles. The van der Waals surface area contributed by atoms with Crippen LogP contribution in [0.15, 0.2) is 35.6 Å². The predicted octanol–water partition coefficient (Wildman–Crippen LogP) is 2.30. The summed E-state index contributed by atoms with van der Waals surface area (Å²) >= 11 is 1.39. The molecule has 0 aliphatic rings. The highest BCUT2D eigenvalue weighted by molar-refractivity contribution is 7.99. The van der Waals surface area contributed by atoms with Gasteiger partial charge in [0, 0.05) is 42.9 Å². The molecule has 0 spiro atoms. The van der Waals surface area contributed by atoms with Gasteiger partial charge in [-0.1, -0.05) is 30.0 Å². The summed E-state index contributed by atoms with van der Waals surface area (Å²) in [5.74, 6) is 1.07. The Balaban J connectivity index is 1.76. The van der Waals surface area contributed by atoms with Gasteiger partial charge in [-0.3, -0.25) is 4.79 Å². The molecule has 2 N–H and O–H groups in total. The molecule has 8 heteroatoms. The van der Waals surface area contributed by atoms with Gasteiger partial charge in [-0.05, 0) is 13.0 Å². The smallest absolute Gasteiger partial charge is 0.230 e. The van der Waals surface area contributed by atoms with Crippen LogP contribution in [-0.4, -0.2) is 51.7 Å². The number of carbonyl (C=O) groups excluding carboxylic acids is 1. The molecule has 0 atom stereocenters. The average molecular weight is 359 g/mol. The molecule has 2 heterocycles. The van der Waals surface area contributed by atoms with Crippen LogP contribution in [0.1, 0.15) is 6.92 Å². The molecule has 0 bridgehead atoms. The first kappa shape index (κ1) is 17.5. The van der Waals surface area contributed by atoms with Crippen LogP contribution in [0.4, 0.5) is 0 Å². The quantitative estimate of drug-likeness (QED) is 0.476. The maximum Gasteiger partial charge on any atom is 0.230 e. The normalized spacial score (nSPS) is 11.1. The van der Waals surface area contributed by atoms with Gasteiger partial charge >= 0.3 is 0 Å². The van der Waals surface area contributed by atoms with Crippen molar-refractivity contribution < 1.29 is 9.53 Å². The summed E-state index contributed by atoms with van der Waals surface area (Å²) in [6, 6.07) is 8.10. The second kappa shape index (κ2) is 8.17. The molecule has 0 unspecified atom stereocenters. The lowest BCUT2D eigenvalue weighted by molar-refractivity contribution is -0.118. The van der Waals surface area contributed by atoms with Crippen molar-refractivity contribution in [2.24, 2.45) is 0 Å². The molecule has 1 amide bonds. The Kier molecular flexibility index (Phi) is 5.72. The summed E-state index contributed by atoms with van der Waals surface area (Å²) in [6.07, 6.45) is 1.95. The Hall–Kier alpha value is -2.32. The van der Waals surface area contributed by atoms with Crippen molar-refractivity contribution in [3.8, 4) is 11.4 Å². The minimum Gasteiger partial charge on any atom is -0.383 e. The summed E-state index contributed by atoms with van der Waals surface area (Å²) in [7, 11) is 1.61. The van der Waals surface area contributed by atoms with Gasteiger partial charge in [-0.15, -0.1) is 10.2 Å². The van der Waals surface area contributed by atoms with Gasteiger partial charge in [0.2, 0.25) is 5.91 Å². The molecule has 2 aromatic heterocycles. The number of nitrogens with zero attached hydrogens (tertiary/aromatic N) is 3. The monoisotopic (exact) mass is 359 g/mol. The molecule has 3 aromatic rings. The minimum absolute atomic E-state index is 0.0404. The van der Waals surface area contributed by atoms with E-state index >= 15 is 0 Å². The molecule has 3 rings (SSSR count). The Morgan fingerprint density at radius 3 is 3.00 bits per heavy atom. The molecular formula is C17H21N5O2S.